The summed E-state index contributed by atoms with van der Waals surface area (Å²) >= 11 is 0. The van der Waals surface area contributed by atoms with Gasteiger partial charge in [-0.3, -0.25) is 0 Å². The third-order valence-corrected chi connectivity index (χ3v) is 3.82. The molecular formula is C15H24N2. The molecule has 2 nitrogen and oxygen atoms in total. The summed E-state index contributed by atoms with van der Waals surface area (Å²) in [7, 11) is 0. The van der Waals surface area contributed by atoms with Crippen LogP contribution in [-0.4, -0.2) is 24.5 Å². The zero-order valence-electron chi connectivity index (χ0n) is 10.9. The van der Waals surface area contributed by atoms with E-state index in [1.807, 2.05) is 0 Å². The molecule has 1 saturated heterocycles. The molecule has 0 amide bonds. The fourth-order valence-electron chi connectivity index (χ4n) is 2.49. The van der Waals surface area contributed by atoms with Crippen LogP contribution < -0.4 is 5.73 Å². The maximum atomic E-state index is 5.66. The van der Waals surface area contributed by atoms with E-state index in [0.29, 0.717) is 6.54 Å². The molecule has 0 aliphatic carbocycles. The smallest absolute Gasteiger partial charge is 0.0178 e. The molecule has 2 rings (SSSR count). The lowest BCUT2D eigenvalue weighted by atomic mass is 9.99. The van der Waals surface area contributed by atoms with Crippen molar-refractivity contribution in [2.24, 2.45) is 11.7 Å². The lowest BCUT2D eigenvalue weighted by molar-refractivity contribution is 0.194. The topological polar surface area (TPSA) is 29.3 Å². The van der Waals surface area contributed by atoms with Gasteiger partial charge in [0, 0.05) is 13.1 Å². The van der Waals surface area contributed by atoms with E-state index in [-0.39, 0.29) is 0 Å². The van der Waals surface area contributed by atoms with Crippen molar-refractivity contribution in [2.45, 2.75) is 32.7 Å². The van der Waals surface area contributed by atoms with Gasteiger partial charge in [-0.2, -0.15) is 0 Å². The normalized spacial score (nSPS) is 18.5. The molecule has 0 unspecified atom stereocenters. The average Bonchev–Trinajstić information content (AvgIpc) is 2.38. The van der Waals surface area contributed by atoms with Gasteiger partial charge >= 0.3 is 0 Å². The van der Waals surface area contributed by atoms with Gasteiger partial charge < -0.3 is 10.6 Å². The van der Waals surface area contributed by atoms with E-state index in [0.717, 1.165) is 12.3 Å². The molecule has 1 heterocycles. The van der Waals surface area contributed by atoms with Gasteiger partial charge in [0.05, 0.1) is 0 Å². The third kappa shape index (κ3) is 3.83. The molecule has 0 saturated carbocycles. The maximum Gasteiger partial charge on any atom is 0.0178 e. The highest BCUT2D eigenvalue weighted by Crippen LogP contribution is 2.16. The zero-order valence-corrected chi connectivity index (χ0v) is 10.9. The Bertz CT molecular complexity index is 341. The first-order valence-corrected chi connectivity index (χ1v) is 6.78. The monoisotopic (exact) mass is 232 g/mol. The van der Waals surface area contributed by atoms with E-state index < -0.39 is 0 Å². The van der Waals surface area contributed by atoms with Gasteiger partial charge in [-0.25, -0.2) is 0 Å². The second kappa shape index (κ2) is 6.18. The van der Waals surface area contributed by atoms with Crippen LogP contribution >= 0.6 is 0 Å². The standard InChI is InChI=1S/C15H24N2/c1-13-5-8-17(9-6-13)10-7-14-3-2-4-15(11-14)12-16/h2-4,11,13H,5-10,12,16H2,1H3. The maximum absolute atomic E-state index is 5.66. The molecule has 0 radical (unpaired) electrons. The van der Waals surface area contributed by atoms with Crippen LogP contribution in [0.25, 0.3) is 0 Å². The molecular weight excluding hydrogens is 208 g/mol. The number of nitrogens with two attached hydrogens (primary N) is 1. The first kappa shape index (κ1) is 12.6. The summed E-state index contributed by atoms with van der Waals surface area (Å²) in [6.45, 7) is 6.76. The van der Waals surface area contributed by atoms with Gasteiger partial charge in [-0.05, 0) is 49.4 Å². The summed E-state index contributed by atoms with van der Waals surface area (Å²) in [5.41, 5.74) is 8.33. The Morgan fingerprint density at radius 2 is 1.94 bits per heavy atom. The van der Waals surface area contributed by atoms with Gasteiger partial charge in [0.2, 0.25) is 0 Å². The van der Waals surface area contributed by atoms with Gasteiger partial charge in [0.15, 0.2) is 0 Å². The molecule has 0 aromatic heterocycles. The Kier molecular flexibility index (Phi) is 4.57. The highest BCUT2D eigenvalue weighted by atomic mass is 15.1. The van der Waals surface area contributed by atoms with Crippen molar-refractivity contribution in [1.82, 2.24) is 4.90 Å². The Hall–Kier alpha value is -0.860. The second-order valence-corrected chi connectivity index (χ2v) is 5.30. The van der Waals surface area contributed by atoms with E-state index in [1.54, 1.807) is 0 Å². The molecule has 17 heavy (non-hydrogen) atoms. The third-order valence-electron chi connectivity index (χ3n) is 3.82. The molecule has 94 valence electrons. The quantitative estimate of drug-likeness (QED) is 0.864. The Balaban J connectivity index is 1.81. The van der Waals surface area contributed by atoms with Crippen molar-refractivity contribution in [3.8, 4) is 0 Å². The Morgan fingerprint density at radius 3 is 2.65 bits per heavy atom. The fraction of sp³-hybridized carbons (Fsp3) is 0.600. The number of rotatable bonds is 4. The fourth-order valence-corrected chi connectivity index (χ4v) is 2.49. The second-order valence-electron chi connectivity index (χ2n) is 5.30. The van der Waals surface area contributed by atoms with Crippen molar-refractivity contribution >= 4 is 0 Å². The number of hydrogen-bond donors (Lipinski definition) is 1. The lowest BCUT2D eigenvalue weighted by Crippen LogP contribution is -2.34. The summed E-state index contributed by atoms with van der Waals surface area (Å²) in [4.78, 5) is 2.59. The number of nitrogens with zero attached hydrogens (tertiary/aromatic N) is 1. The minimum atomic E-state index is 0.648. The van der Waals surface area contributed by atoms with Crippen molar-refractivity contribution in [3.63, 3.8) is 0 Å². The van der Waals surface area contributed by atoms with Crippen LogP contribution in [0.2, 0.25) is 0 Å². The predicted molar refractivity (Wildman–Crippen MR) is 72.9 cm³/mol. The minimum Gasteiger partial charge on any atom is -0.326 e. The highest BCUT2D eigenvalue weighted by Gasteiger charge is 2.14. The van der Waals surface area contributed by atoms with Crippen molar-refractivity contribution in [3.05, 3.63) is 35.4 Å². The lowest BCUT2D eigenvalue weighted by Gasteiger charge is -2.30. The molecule has 1 fully saturated rings. The average molecular weight is 232 g/mol. The van der Waals surface area contributed by atoms with Crippen LogP contribution in [0.5, 0.6) is 0 Å². The van der Waals surface area contributed by atoms with E-state index in [2.05, 4.69) is 36.1 Å². The van der Waals surface area contributed by atoms with Gasteiger partial charge in [0.25, 0.3) is 0 Å². The van der Waals surface area contributed by atoms with E-state index >= 15 is 0 Å². The molecule has 1 aromatic carbocycles. The van der Waals surface area contributed by atoms with Crippen LogP contribution in [0.15, 0.2) is 24.3 Å². The minimum absolute atomic E-state index is 0.648. The summed E-state index contributed by atoms with van der Waals surface area (Å²) < 4.78 is 0. The zero-order chi connectivity index (χ0) is 12.1. The van der Waals surface area contributed by atoms with Crippen LogP contribution in [0.3, 0.4) is 0 Å². The predicted octanol–water partition coefficient (Wildman–Crippen LogP) is 2.42. The first-order chi connectivity index (χ1) is 8.28. The van der Waals surface area contributed by atoms with Crippen LogP contribution in [0, 0.1) is 5.92 Å². The number of piperidine rings is 1. The van der Waals surface area contributed by atoms with E-state index in [4.69, 9.17) is 5.73 Å². The van der Waals surface area contributed by atoms with Crippen molar-refractivity contribution < 1.29 is 0 Å². The largest absolute Gasteiger partial charge is 0.326 e. The van der Waals surface area contributed by atoms with Gasteiger partial charge in [0.1, 0.15) is 0 Å². The molecule has 2 heteroatoms. The molecule has 1 aliphatic heterocycles. The van der Waals surface area contributed by atoms with Gasteiger partial charge in [-0.1, -0.05) is 31.2 Å². The molecule has 1 aliphatic rings. The van der Waals surface area contributed by atoms with Crippen LogP contribution in [-0.2, 0) is 13.0 Å². The first-order valence-electron chi connectivity index (χ1n) is 6.78. The number of benzene rings is 1. The highest BCUT2D eigenvalue weighted by molar-refractivity contribution is 5.23. The number of hydrogen-bond acceptors (Lipinski definition) is 2. The van der Waals surface area contributed by atoms with Crippen LogP contribution in [0.4, 0.5) is 0 Å². The molecule has 2 N–H and O–H groups in total. The van der Waals surface area contributed by atoms with E-state index in [1.165, 1.54) is 43.6 Å². The Morgan fingerprint density at radius 1 is 1.24 bits per heavy atom. The number of likely N-dealkylation sites (tertiary alicyclic amines) is 1. The SMILES string of the molecule is CC1CCN(CCc2cccc(CN)c2)CC1. The van der Waals surface area contributed by atoms with Crippen LogP contribution in [0.1, 0.15) is 30.9 Å². The van der Waals surface area contributed by atoms with Gasteiger partial charge in [-0.15, -0.1) is 0 Å². The van der Waals surface area contributed by atoms with Crippen molar-refractivity contribution in [2.75, 3.05) is 19.6 Å². The molecule has 0 bridgehead atoms. The molecule has 0 spiro atoms. The van der Waals surface area contributed by atoms with E-state index in [9.17, 15) is 0 Å². The van der Waals surface area contributed by atoms with Crippen molar-refractivity contribution in [1.29, 1.82) is 0 Å². The Labute approximate surface area is 105 Å². The summed E-state index contributed by atoms with van der Waals surface area (Å²) in [6.07, 6.45) is 3.88. The summed E-state index contributed by atoms with van der Waals surface area (Å²) in [5.74, 6) is 0.923. The summed E-state index contributed by atoms with van der Waals surface area (Å²) in [5, 5.41) is 0. The molecule has 0 atom stereocenters. The molecule has 1 aromatic rings. The summed E-state index contributed by atoms with van der Waals surface area (Å²) in [6, 6.07) is 8.68.